The number of benzene rings is 1. The average molecular weight is 290 g/mol. The van der Waals surface area contributed by atoms with Gasteiger partial charge in [0.1, 0.15) is 11.8 Å². The normalized spacial score (nSPS) is 10.1. The van der Waals surface area contributed by atoms with E-state index in [1.54, 1.807) is 13.0 Å². The molecule has 7 heteroatoms. The number of nitrogens with zero attached hydrogens (tertiary/aromatic N) is 1. The first-order valence-electron chi connectivity index (χ1n) is 5.29. The Morgan fingerprint density at radius 3 is 2.68 bits per heavy atom. The number of hydrogen-bond acceptors (Lipinski definition) is 4. The molecule has 0 bridgehead atoms. The van der Waals surface area contributed by atoms with Crippen LogP contribution < -0.4 is 4.74 Å². The molecule has 1 aromatic rings. The zero-order chi connectivity index (χ0) is 14.4. The summed E-state index contributed by atoms with van der Waals surface area (Å²) in [5.41, 5.74) is -0.132. The van der Waals surface area contributed by atoms with Gasteiger partial charge in [-0.05, 0) is 19.1 Å². The minimum Gasteiger partial charge on any atom is -0.462 e. The largest absolute Gasteiger partial charge is 0.462 e. The first-order chi connectivity index (χ1) is 9.04. The smallest absolute Gasteiger partial charge is 0.387 e. The molecule has 0 heterocycles. The van der Waals surface area contributed by atoms with Crippen molar-refractivity contribution in [1.82, 2.24) is 0 Å². The van der Waals surface area contributed by atoms with Crippen molar-refractivity contribution in [3.63, 3.8) is 0 Å². The summed E-state index contributed by atoms with van der Waals surface area (Å²) in [7, 11) is 0. The van der Waals surface area contributed by atoms with Gasteiger partial charge in [0.05, 0.1) is 23.6 Å². The Kier molecular flexibility index (Phi) is 5.52. The first-order valence-corrected chi connectivity index (χ1v) is 5.82. The molecule has 4 nitrogen and oxygen atoms in total. The molecule has 0 spiro atoms. The lowest BCUT2D eigenvalue weighted by atomic mass is 10.0. The molecule has 0 atom stereocenters. The van der Waals surface area contributed by atoms with E-state index in [4.69, 9.17) is 21.6 Å². The van der Waals surface area contributed by atoms with Gasteiger partial charge in [0.15, 0.2) is 0 Å². The Hall–Kier alpha value is -1.87. The highest BCUT2D eigenvalue weighted by atomic mass is 35.5. The van der Waals surface area contributed by atoms with Crippen molar-refractivity contribution in [2.24, 2.45) is 0 Å². The second kappa shape index (κ2) is 6.90. The molecular weight excluding hydrogens is 280 g/mol. The van der Waals surface area contributed by atoms with Crippen molar-refractivity contribution in [2.75, 3.05) is 6.61 Å². The van der Waals surface area contributed by atoms with E-state index in [0.29, 0.717) is 0 Å². The Morgan fingerprint density at radius 2 is 2.21 bits per heavy atom. The van der Waals surface area contributed by atoms with Crippen LogP contribution >= 0.6 is 11.6 Å². The summed E-state index contributed by atoms with van der Waals surface area (Å²) in [6, 6.07) is 4.17. The van der Waals surface area contributed by atoms with Gasteiger partial charge in [0.25, 0.3) is 0 Å². The van der Waals surface area contributed by atoms with Crippen LogP contribution in [0, 0.1) is 11.3 Å². The zero-order valence-electron chi connectivity index (χ0n) is 9.95. The molecule has 102 valence electrons. The number of rotatable bonds is 5. The van der Waals surface area contributed by atoms with E-state index in [1.165, 1.54) is 12.1 Å². The Balaban J connectivity index is 3.38. The van der Waals surface area contributed by atoms with E-state index in [1.807, 2.05) is 0 Å². The molecule has 0 aliphatic carbocycles. The van der Waals surface area contributed by atoms with Crippen LogP contribution in [-0.2, 0) is 10.6 Å². The van der Waals surface area contributed by atoms with Crippen LogP contribution in [-0.4, -0.2) is 19.2 Å². The molecule has 0 radical (unpaired) electrons. The summed E-state index contributed by atoms with van der Waals surface area (Å²) in [5.74, 6) is -1.30. The zero-order valence-corrected chi connectivity index (χ0v) is 10.7. The fourth-order valence-electron chi connectivity index (χ4n) is 1.50. The van der Waals surface area contributed by atoms with Gasteiger partial charge >= 0.3 is 12.6 Å². The number of carbonyl (C=O) groups is 1. The van der Waals surface area contributed by atoms with Crippen LogP contribution in [0.25, 0.3) is 0 Å². The summed E-state index contributed by atoms with van der Waals surface area (Å²) in [6.07, 6.45) is 0. The van der Waals surface area contributed by atoms with Gasteiger partial charge in [-0.15, -0.1) is 11.6 Å². The lowest BCUT2D eigenvalue weighted by Crippen LogP contribution is -2.13. The third-order valence-electron chi connectivity index (χ3n) is 2.22. The molecule has 0 aliphatic heterocycles. The van der Waals surface area contributed by atoms with Gasteiger partial charge in [0, 0.05) is 5.56 Å². The number of esters is 1. The maximum Gasteiger partial charge on any atom is 0.387 e. The minimum atomic E-state index is -3.05. The van der Waals surface area contributed by atoms with Crippen LogP contribution in [0.2, 0.25) is 0 Å². The van der Waals surface area contributed by atoms with Crippen LogP contribution in [0.4, 0.5) is 8.78 Å². The van der Waals surface area contributed by atoms with Crippen molar-refractivity contribution in [3.8, 4) is 11.8 Å². The second-order valence-corrected chi connectivity index (χ2v) is 3.58. The van der Waals surface area contributed by atoms with E-state index in [-0.39, 0.29) is 34.9 Å². The maximum atomic E-state index is 12.3. The molecule has 0 fully saturated rings. The highest BCUT2D eigenvalue weighted by Gasteiger charge is 2.22. The molecule has 0 aromatic heterocycles. The Morgan fingerprint density at radius 1 is 1.53 bits per heavy atom. The molecular formula is C12H10ClF2NO3. The minimum absolute atomic E-state index is 0.00397. The lowest BCUT2D eigenvalue weighted by molar-refractivity contribution is -0.0504. The molecule has 0 saturated carbocycles. The standard InChI is InChI=1S/C12H10ClF2NO3/c1-2-18-11(17)10-7(6-16)3-4-9(8(10)5-13)19-12(14)15/h3-4,12H,2,5H2,1H3. The van der Waals surface area contributed by atoms with Crippen LogP contribution in [0.15, 0.2) is 12.1 Å². The predicted octanol–water partition coefficient (Wildman–Crippen LogP) is 3.08. The Bertz CT molecular complexity index is 514. The third kappa shape index (κ3) is 3.55. The summed E-state index contributed by atoms with van der Waals surface area (Å²) in [5, 5.41) is 8.94. The van der Waals surface area contributed by atoms with Gasteiger partial charge in [0.2, 0.25) is 0 Å². The highest BCUT2D eigenvalue weighted by molar-refractivity contribution is 6.18. The molecule has 0 unspecified atom stereocenters. The van der Waals surface area contributed by atoms with E-state index < -0.39 is 12.6 Å². The fraction of sp³-hybridized carbons (Fsp3) is 0.333. The third-order valence-corrected chi connectivity index (χ3v) is 2.49. The summed E-state index contributed by atoms with van der Waals surface area (Å²) in [4.78, 5) is 11.8. The molecule has 19 heavy (non-hydrogen) atoms. The topological polar surface area (TPSA) is 59.3 Å². The summed E-state index contributed by atoms with van der Waals surface area (Å²) < 4.78 is 33.6. The van der Waals surface area contributed by atoms with Crippen LogP contribution in [0.5, 0.6) is 5.75 Å². The van der Waals surface area contributed by atoms with Gasteiger partial charge in [-0.25, -0.2) is 4.79 Å². The predicted molar refractivity (Wildman–Crippen MR) is 63.3 cm³/mol. The molecule has 1 aromatic carbocycles. The van der Waals surface area contributed by atoms with E-state index >= 15 is 0 Å². The summed E-state index contributed by atoms with van der Waals surface area (Å²) >= 11 is 5.65. The van der Waals surface area contributed by atoms with Crippen molar-refractivity contribution >= 4 is 17.6 Å². The second-order valence-electron chi connectivity index (χ2n) is 3.31. The number of carbonyl (C=O) groups excluding carboxylic acids is 1. The average Bonchev–Trinajstić information content (AvgIpc) is 2.37. The van der Waals surface area contributed by atoms with Crippen LogP contribution in [0.3, 0.4) is 0 Å². The van der Waals surface area contributed by atoms with Gasteiger partial charge < -0.3 is 9.47 Å². The monoisotopic (exact) mass is 289 g/mol. The maximum absolute atomic E-state index is 12.3. The van der Waals surface area contributed by atoms with Crippen molar-refractivity contribution in [2.45, 2.75) is 19.4 Å². The van der Waals surface area contributed by atoms with E-state index in [9.17, 15) is 13.6 Å². The number of nitriles is 1. The number of alkyl halides is 3. The fourth-order valence-corrected chi connectivity index (χ4v) is 1.76. The number of hydrogen-bond donors (Lipinski definition) is 0. The van der Waals surface area contributed by atoms with Crippen LogP contribution in [0.1, 0.15) is 28.4 Å². The molecule has 0 saturated heterocycles. The van der Waals surface area contributed by atoms with Crippen molar-refractivity contribution in [3.05, 3.63) is 28.8 Å². The Labute approximate surface area is 113 Å². The SMILES string of the molecule is CCOC(=O)c1c(C#N)ccc(OC(F)F)c1CCl. The van der Waals surface area contributed by atoms with Crippen molar-refractivity contribution in [1.29, 1.82) is 5.26 Å². The summed E-state index contributed by atoms with van der Waals surface area (Å²) in [6.45, 7) is -1.38. The van der Waals surface area contributed by atoms with Crippen molar-refractivity contribution < 1.29 is 23.0 Å². The molecule has 0 N–H and O–H groups in total. The van der Waals surface area contributed by atoms with Gasteiger partial charge in [-0.1, -0.05) is 0 Å². The quantitative estimate of drug-likeness (QED) is 0.617. The van der Waals surface area contributed by atoms with E-state index in [0.717, 1.165) is 0 Å². The molecule has 0 amide bonds. The van der Waals surface area contributed by atoms with Gasteiger partial charge in [-0.3, -0.25) is 0 Å². The lowest BCUT2D eigenvalue weighted by Gasteiger charge is -2.13. The molecule has 0 aliphatic rings. The van der Waals surface area contributed by atoms with E-state index in [2.05, 4.69) is 4.74 Å². The number of halogens is 3. The van der Waals surface area contributed by atoms with Gasteiger partial charge in [-0.2, -0.15) is 14.0 Å². The highest BCUT2D eigenvalue weighted by Crippen LogP contribution is 2.29. The first kappa shape index (κ1) is 15.2. The molecule has 1 rings (SSSR count). The number of ether oxygens (including phenoxy) is 2.